The van der Waals surface area contributed by atoms with E-state index in [-0.39, 0.29) is 12.0 Å². The fraction of sp³-hybridized carbons (Fsp3) is 0.462. The lowest BCUT2D eigenvalue weighted by molar-refractivity contribution is 0.0265. The van der Waals surface area contributed by atoms with Crippen LogP contribution >= 0.6 is 27.5 Å². The molecule has 1 aliphatic carbocycles. The molecule has 0 spiro atoms. The molecule has 0 bridgehead atoms. The van der Waals surface area contributed by atoms with Crippen LogP contribution in [0.2, 0.25) is 5.02 Å². The molecule has 1 aromatic rings. The molecular formula is C13H15BrClNO2. The molecule has 0 heterocycles. The molecule has 1 aromatic carbocycles. The first-order valence-corrected chi connectivity index (χ1v) is 7.03. The maximum Gasteiger partial charge on any atom is 0.255 e. The molecule has 1 amide bonds. The first kappa shape index (κ1) is 13.8. The van der Waals surface area contributed by atoms with Crippen LogP contribution in [-0.2, 0) is 0 Å². The molecule has 0 atom stereocenters. The zero-order chi connectivity index (χ0) is 13.3. The molecule has 3 nitrogen and oxygen atoms in total. The van der Waals surface area contributed by atoms with Crippen LogP contribution in [0, 0.1) is 5.92 Å². The molecule has 0 aromatic heterocycles. The molecule has 1 N–H and O–H groups in total. The van der Waals surface area contributed by atoms with Crippen LogP contribution in [0.1, 0.15) is 23.2 Å². The molecular weight excluding hydrogens is 318 g/mol. The number of hydrogen-bond acceptors (Lipinski definition) is 2. The predicted octanol–water partition coefficient (Wildman–Crippen LogP) is 2.95. The van der Waals surface area contributed by atoms with Gasteiger partial charge in [-0.25, -0.2) is 0 Å². The fourth-order valence-corrected chi connectivity index (χ4v) is 2.77. The van der Waals surface area contributed by atoms with E-state index in [0.717, 1.165) is 17.3 Å². The highest BCUT2D eigenvalue weighted by molar-refractivity contribution is 9.10. The summed E-state index contributed by atoms with van der Waals surface area (Å²) in [6, 6.07) is 5.33. The lowest BCUT2D eigenvalue weighted by atomic mass is 9.82. The summed E-state index contributed by atoms with van der Waals surface area (Å²) in [5.74, 6) is 0.322. The third-order valence-corrected chi connectivity index (χ3v) is 4.57. The van der Waals surface area contributed by atoms with Crippen molar-refractivity contribution in [2.24, 2.45) is 5.92 Å². The van der Waals surface area contributed by atoms with Gasteiger partial charge in [-0.05, 0) is 46.8 Å². The Kier molecular flexibility index (Phi) is 4.30. The first-order chi connectivity index (χ1) is 8.49. The largest absolute Gasteiger partial charge is 0.393 e. The maximum absolute atomic E-state index is 12.2. The van der Waals surface area contributed by atoms with Gasteiger partial charge in [0.1, 0.15) is 0 Å². The summed E-state index contributed by atoms with van der Waals surface area (Å²) in [7, 11) is 1.77. The van der Waals surface area contributed by atoms with Gasteiger partial charge in [-0.2, -0.15) is 0 Å². The van der Waals surface area contributed by atoms with E-state index in [1.807, 2.05) is 0 Å². The van der Waals surface area contributed by atoms with Crippen LogP contribution in [0.3, 0.4) is 0 Å². The summed E-state index contributed by atoms with van der Waals surface area (Å²) in [6.07, 6.45) is 1.38. The Morgan fingerprint density at radius 2 is 2.22 bits per heavy atom. The number of halogens is 2. The normalized spacial score (nSPS) is 22.4. The highest BCUT2D eigenvalue weighted by Gasteiger charge is 2.29. The van der Waals surface area contributed by atoms with Gasteiger partial charge in [0.2, 0.25) is 0 Å². The molecule has 5 heteroatoms. The quantitative estimate of drug-likeness (QED) is 0.924. The van der Waals surface area contributed by atoms with Crippen LogP contribution in [0.15, 0.2) is 22.7 Å². The molecule has 0 saturated heterocycles. The van der Waals surface area contributed by atoms with Crippen molar-refractivity contribution in [2.75, 3.05) is 13.6 Å². The Bertz CT molecular complexity index is 460. The van der Waals surface area contributed by atoms with Crippen molar-refractivity contribution in [3.05, 3.63) is 33.3 Å². The Balaban J connectivity index is 2.04. The number of hydrogen-bond donors (Lipinski definition) is 1. The van der Waals surface area contributed by atoms with Crippen LogP contribution < -0.4 is 0 Å². The molecule has 18 heavy (non-hydrogen) atoms. The maximum atomic E-state index is 12.2. The summed E-state index contributed by atoms with van der Waals surface area (Å²) in [5, 5.41) is 9.68. The molecule has 0 aliphatic heterocycles. The number of aliphatic hydroxyl groups is 1. The molecule has 1 fully saturated rings. The minimum Gasteiger partial charge on any atom is -0.393 e. The van der Waals surface area contributed by atoms with E-state index >= 15 is 0 Å². The number of carbonyl (C=O) groups is 1. The minimum atomic E-state index is -0.187. The van der Waals surface area contributed by atoms with E-state index in [0.29, 0.717) is 23.0 Å². The minimum absolute atomic E-state index is 0.0808. The van der Waals surface area contributed by atoms with Gasteiger partial charge >= 0.3 is 0 Å². The molecule has 1 saturated carbocycles. The topological polar surface area (TPSA) is 40.5 Å². The summed E-state index contributed by atoms with van der Waals surface area (Å²) in [6.45, 7) is 0.665. The van der Waals surface area contributed by atoms with Crippen molar-refractivity contribution >= 4 is 33.4 Å². The third-order valence-electron chi connectivity index (χ3n) is 3.27. The molecule has 0 radical (unpaired) electrons. The van der Waals surface area contributed by atoms with Crippen LogP contribution in [0.4, 0.5) is 0 Å². The van der Waals surface area contributed by atoms with Crippen molar-refractivity contribution in [3.63, 3.8) is 0 Å². The number of aliphatic hydroxyl groups excluding tert-OH is 1. The zero-order valence-electron chi connectivity index (χ0n) is 10.1. The summed E-state index contributed by atoms with van der Waals surface area (Å²) in [4.78, 5) is 13.9. The second kappa shape index (κ2) is 5.59. The van der Waals surface area contributed by atoms with Gasteiger partial charge in [-0.3, -0.25) is 4.79 Å². The van der Waals surface area contributed by atoms with Gasteiger partial charge in [0.05, 0.1) is 16.7 Å². The Hall–Kier alpha value is -0.580. The Morgan fingerprint density at radius 3 is 2.83 bits per heavy atom. The lowest BCUT2D eigenvalue weighted by Gasteiger charge is -2.34. The fourth-order valence-electron chi connectivity index (χ4n) is 2.19. The van der Waals surface area contributed by atoms with Crippen molar-refractivity contribution < 1.29 is 9.90 Å². The molecule has 2 rings (SSSR count). The van der Waals surface area contributed by atoms with Crippen molar-refractivity contribution in [1.29, 1.82) is 0 Å². The first-order valence-electron chi connectivity index (χ1n) is 5.86. The SMILES string of the molecule is CN(CC1CC(O)C1)C(=O)c1cccc(Br)c1Cl. The second-order valence-electron chi connectivity index (χ2n) is 4.78. The molecule has 98 valence electrons. The van der Waals surface area contributed by atoms with Crippen molar-refractivity contribution in [2.45, 2.75) is 18.9 Å². The number of amides is 1. The van der Waals surface area contributed by atoms with E-state index in [2.05, 4.69) is 15.9 Å². The number of nitrogens with zero attached hydrogens (tertiary/aromatic N) is 1. The molecule has 1 aliphatic rings. The Morgan fingerprint density at radius 1 is 1.56 bits per heavy atom. The average molecular weight is 333 g/mol. The summed E-state index contributed by atoms with van der Waals surface area (Å²) < 4.78 is 0.725. The van der Waals surface area contributed by atoms with Gasteiger partial charge in [-0.1, -0.05) is 17.7 Å². The van der Waals surface area contributed by atoms with Crippen LogP contribution in [-0.4, -0.2) is 35.6 Å². The monoisotopic (exact) mass is 331 g/mol. The molecule has 0 unspecified atom stereocenters. The number of carbonyl (C=O) groups excluding carboxylic acids is 1. The number of rotatable bonds is 3. The van der Waals surface area contributed by atoms with E-state index in [4.69, 9.17) is 11.6 Å². The zero-order valence-corrected chi connectivity index (χ0v) is 12.4. The second-order valence-corrected chi connectivity index (χ2v) is 6.01. The Labute approximate surface area is 120 Å². The van der Waals surface area contributed by atoms with Gasteiger partial charge in [0.25, 0.3) is 5.91 Å². The summed E-state index contributed by atoms with van der Waals surface area (Å²) >= 11 is 9.42. The van der Waals surface area contributed by atoms with Crippen molar-refractivity contribution in [3.8, 4) is 0 Å². The smallest absolute Gasteiger partial charge is 0.255 e. The van der Waals surface area contributed by atoms with Gasteiger partial charge in [0.15, 0.2) is 0 Å². The number of benzene rings is 1. The highest BCUT2D eigenvalue weighted by atomic mass is 79.9. The highest BCUT2D eigenvalue weighted by Crippen LogP contribution is 2.30. The third kappa shape index (κ3) is 2.87. The van der Waals surface area contributed by atoms with Crippen LogP contribution in [0.5, 0.6) is 0 Å². The summed E-state index contributed by atoms with van der Waals surface area (Å²) in [5.41, 5.74) is 0.508. The van der Waals surface area contributed by atoms with Gasteiger partial charge in [-0.15, -0.1) is 0 Å². The van der Waals surface area contributed by atoms with Crippen LogP contribution in [0.25, 0.3) is 0 Å². The average Bonchev–Trinajstić information content (AvgIpc) is 2.30. The standard InChI is InChI=1S/C13H15BrClNO2/c1-16(7-8-5-9(17)6-8)13(18)10-3-2-4-11(14)12(10)15/h2-4,8-9,17H,5-7H2,1H3. The lowest BCUT2D eigenvalue weighted by Crippen LogP contribution is -2.39. The van der Waals surface area contributed by atoms with Gasteiger partial charge < -0.3 is 10.0 Å². The van der Waals surface area contributed by atoms with Gasteiger partial charge in [0, 0.05) is 18.1 Å². The van der Waals surface area contributed by atoms with E-state index < -0.39 is 0 Å². The van der Waals surface area contributed by atoms with E-state index in [9.17, 15) is 9.90 Å². The predicted molar refractivity (Wildman–Crippen MR) is 74.8 cm³/mol. The van der Waals surface area contributed by atoms with Crippen molar-refractivity contribution in [1.82, 2.24) is 4.90 Å². The van der Waals surface area contributed by atoms with E-state index in [1.165, 1.54) is 0 Å². The van der Waals surface area contributed by atoms with E-state index in [1.54, 1.807) is 30.1 Å².